The largest absolute Gasteiger partial charge is 0.238 e. The molecule has 3 aromatic rings. The number of hydrazine groups is 2. The molecule has 1 N–H and O–H groups in total. The van der Waals surface area contributed by atoms with E-state index in [-0.39, 0.29) is 17.0 Å². The summed E-state index contributed by atoms with van der Waals surface area (Å²) in [4.78, 5) is 5.88. The number of nitrogens with one attached hydrogen (secondary N) is 1. The number of benzene rings is 2. The van der Waals surface area contributed by atoms with Gasteiger partial charge in [-0.2, -0.15) is 5.12 Å². The van der Waals surface area contributed by atoms with Crippen molar-refractivity contribution in [2.75, 3.05) is 10.1 Å². The lowest BCUT2D eigenvalue weighted by molar-refractivity contribution is 0.718. The molecule has 7 heteroatoms. The van der Waals surface area contributed by atoms with Gasteiger partial charge >= 0.3 is 0 Å². The Hall–Kier alpha value is -2.22. The first-order chi connectivity index (χ1) is 11.7. The third kappa shape index (κ3) is 3.44. The van der Waals surface area contributed by atoms with Crippen LogP contribution in [0.4, 0.5) is 11.4 Å². The Morgan fingerprint density at radius 1 is 0.880 bits per heavy atom. The highest BCUT2D eigenvalue weighted by atomic mass is 79.9. The van der Waals surface area contributed by atoms with Crippen LogP contribution in [0.3, 0.4) is 0 Å². The van der Waals surface area contributed by atoms with Crippen molar-refractivity contribution in [3.05, 3.63) is 76.2 Å². The minimum Gasteiger partial charge on any atom is -0.238 e. The Morgan fingerprint density at radius 3 is 2.04 bits per heavy atom. The summed E-state index contributed by atoms with van der Waals surface area (Å²) >= 11 is 1.66. The standard InChI is InChI=1S/C18H17N5S.BrH/c1-13-14(2)24-18(19-13)17-20-23(16-11-7-4-8-12-16)21-22(17)15-9-5-3-6-10-15;/h3-12,21H,1-2H3;1H. The van der Waals surface area contributed by atoms with Crippen molar-refractivity contribution >= 4 is 45.5 Å². The quantitative estimate of drug-likeness (QED) is 0.686. The Balaban J connectivity index is 0.00000182. The molecule has 5 nitrogen and oxygen atoms in total. The number of rotatable bonds is 3. The van der Waals surface area contributed by atoms with E-state index < -0.39 is 0 Å². The van der Waals surface area contributed by atoms with Crippen molar-refractivity contribution in [2.24, 2.45) is 5.10 Å². The summed E-state index contributed by atoms with van der Waals surface area (Å²) in [6.45, 7) is 4.11. The van der Waals surface area contributed by atoms with Gasteiger partial charge in [0.2, 0.25) is 5.84 Å². The van der Waals surface area contributed by atoms with Crippen LogP contribution in [0.15, 0.2) is 65.8 Å². The Kier molecular flexibility index (Phi) is 5.17. The average molecular weight is 416 g/mol. The Morgan fingerprint density at radius 2 is 1.48 bits per heavy atom. The van der Waals surface area contributed by atoms with Crippen LogP contribution in [0.1, 0.15) is 15.6 Å². The lowest BCUT2D eigenvalue weighted by Gasteiger charge is -2.21. The van der Waals surface area contributed by atoms with E-state index in [2.05, 4.69) is 17.4 Å². The smallest absolute Gasteiger partial charge is 0.207 e. The number of anilines is 2. The number of thiazole rings is 1. The van der Waals surface area contributed by atoms with Gasteiger partial charge < -0.3 is 0 Å². The molecule has 0 amide bonds. The van der Waals surface area contributed by atoms with E-state index in [4.69, 9.17) is 5.10 Å². The molecule has 1 aliphatic heterocycles. The second kappa shape index (κ2) is 7.35. The van der Waals surface area contributed by atoms with Crippen LogP contribution in [0.5, 0.6) is 0 Å². The third-order valence-corrected chi connectivity index (χ3v) is 4.91. The molecule has 1 aliphatic rings. The van der Waals surface area contributed by atoms with Gasteiger partial charge in [0, 0.05) is 4.88 Å². The normalized spacial score (nSPS) is 13.6. The van der Waals surface area contributed by atoms with Crippen molar-refractivity contribution in [1.29, 1.82) is 0 Å². The predicted molar refractivity (Wildman–Crippen MR) is 109 cm³/mol. The van der Waals surface area contributed by atoms with Crippen molar-refractivity contribution in [3.63, 3.8) is 0 Å². The second-order valence-corrected chi connectivity index (χ2v) is 6.71. The van der Waals surface area contributed by atoms with Gasteiger partial charge in [0.1, 0.15) is 0 Å². The van der Waals surface area contributed by atoms with Gasteiger partial charge in [-0.05, 0) is 38.1 Å². The topological polar surface area (TPSA) is 43.8 Å². The van der Waals surface area contributed by atoms with Crippen molar-refractivity contribution < 1.29 is 0 Å². The zero-order valence-corrected chi connectivity index (χ0v) is 16.4. The highest BCUT2D eigenvalue weighted by molar-refractivity contribution is 8.93. The molecule has 0 unspecified atom stereocenters. The maximum atomic E-state index is 4.75. The predicted octanol–water partition coefficient (Wildman–Crippen LogP) is 4.45. The van der Waals surface area contributed by atoms with E-state index in [1.54, 1.807) is 16.5 Å². The molecule has 0 bridgehead atoms. The van der Waals surface area contributed by atoms with Crippen molar-refractivity contribution in [1.82, 2.24) is 10.5 Å². The molecule has 0 fully saturated rings. The summed E-state index contributed by atoms with van der Waals surface area (Å²) in [6, 6.07) is 20.1. The zero-order chi connectivity index (χ0) is 16.5. The van der Waals surface area contributed by atoms with Crippen LogP contribution in [-0.2, 0) is 0 Å². The number of amidine groups is 1. The van der Waals surface area contributed by atoms with Crippen LogP contribution < -0.4 is 15.7 Å². The molecule has 0 saturated carbocycles. The van der Waals surface area contributed by atoms with E-state index in [0.717, 1.165) is 27.9 Å². The molecule has 2 aromatic carbocycles. The lowest BCUT2D eigenvalue weighted by Crippen LogP contribution is -2.43. The Labute approximate surface area is 161 Å². The summed E-state index contributed by atoms with van der Waals surface area (Å²) in [5.41, 5.74) is 6.36. The monoisotopic (exact) mass is 415 g/mol. The number of nitrogens with zero attached hydrogens (tertiary/aromatic N) is 4. The van der Waals surface area contributed by atoms with Gasteiger partial charge in [-0.3, -0.25) is 0 Å². The number of aryl methyl sites for hydroxylation is 2. The summed E-state index contributed by atoms with van der Waals surface area (Å²) < 4.78 is 0. The number of hydrogen-bond acceptors (Lipinski definition) is 6. The number of para-hydroxylation sites is 2. The maximum Gasteiger partial charge on any atom is 0.207 e. The molecule has 0 aliphatic carbocycles. The molecule has 0 radical (unpaired) electrons. The van der Waals surface area contributed by atoms with Gasteiger partial charge in [-0.25, -0.2) is 9.99 Å². The molecule has 128 valence electrons. The first-order valence-electron chi connectivity index (χ1n) is 7.72. The number of hydrazone groups is 1. The molecular weight excluding hydrogens is 398 g/mol. The lowest BCUT2D eigenvalue weighted by atomic mass is 10.3. The third-order valence-electron chi connectivity index (χ3n) is 3.84. The molecule has 4 rings (SSSR count). The molecule has 25 heavy (non-hydrogen) atoms. The van der Waals surface area contributed by atoms with Crippen LogP contribution in [0.2, 0.25) is 0 Å². The van der Waals surface area contributed by atoms with Crippen LogP contribution >= 0.6 is 28.3 Å². The first kappa shape index (κ1) is 17.6. The van der Waals surface area contributed by atoms with E-state index >= 15 is 0 Å². The number of aromatic nitrogens is 1. The summed E-state index contributed by atoms with van der Waals surface area (Å²) in [5.74, 6) is 0.797. The van der Waals surface area contributed by atoms with E-state index in [1.807, 2.05) is 72.6 Å². The minimum atomic E-state index is 0. The van der Waals surface area contributed by atoms with E-state index in [9.17, 15) is 0 Å². The van der Waals surface area contributed by atoms with Crippen molar-refractivity contribution in [3.8, 4) is 0 Å². The zero-order valence-electron chi connectivity index (χ0n) is 13.9. The minimum absolute atomic E-state index is 0. The van der Waals surface area contributed by atoms with Crippen LogP contribution in [-0.4, -0.2) is 10.8 Å². The summed E-state index contributed by atoms with van der Waals surface area (Å²) in [6.07, 6.45) is 0. The Bertz CT molecular complexity index is 859. The van der Waals surface area contributed by atoms with Crippen LogP contribution in [0.25, 0.3) is 0 Å². The molecule has 1 aromatic heterocycles. The molecule has 0 spiro atoms. The SMILES string of the molecule is Br.Cc1nc(C2=NN(c3ccccc3)NN2c2ccccc2)sc1C. The maximum absolute atomic E-state index is 4.75. The van der Waals surface area contributed by atoms with E-state index in [0.29, 0.717) is 0 Å². The fourth-order valence-corrected chi connectivity index (χ4v) is 3.34. The number of hydrogen-bond donors (Lipinski definition) is 1. The fourth-order valence-electron chi connectivity index (χ4n) is 2.45. The van der Waals surface area contributed by atoms with Crippen LogP contribution in [0, 0.1) is 13.8 Å². The summed E-state index contributed by atoms with van der Waals surface area (Å²) in [5, 5.41) is 9.39. The first-order valence-corrected chi connectivity index (χ1v) is 8.53. The average Bonchev–Trinajstić information content (AvgIpc) is 3.21. The van der Waals surface area contributed by atoms with Gasteiger partial charge in [-0.1, -0.05) is 36.4 Å². The van der Waals surface area contributed by atoms with Gasteiger partial charge in [0.25, 0.3) is 0 Å². The fraction of sp³-hybridized carbons (Fsp3) is 0.111. The van der Waals surface area contributed by atoms with Crippen molar-refractivity contribution in [2.45, 2.75) is 13.8 Å². The highest BCUT2D eigenvalue weighted by Crippen LogP contribution is 2.26. The molecular formula is C18H18BrN5S. The molecule has 2 heterocycles. The van der Waals surface area contributed by atoms with E-state index in [1.165, 1.54) is 4.88 Å². The highest BCUT2D eigenvalue weighted by Gasteiger charge is 2.28. The summed E-state index contributed by atoms with van der Waals surface area (Å²) in [7, 11) is 0. The van der Waals surface area contributed by atoms with Gasteiger partial charge in [-0.15, -0.1) is 39.0 Å². The molecule has 0 saturated heterocycles. The number of halogens is 1. The van der Waals surface area contributed by atoms with Gasteiger partial charge in [0.15, 0.2) is 5.01 Å². The second-order valence-electron chi connectivity index (χ2n) is 5.50. The molecule has 0 atom stereocenters. The van der Waals surface area contributed by atoms with Gasteiger partial charge in [0.05, 0.1) is 17.1 Å².